The molecule has 2 rings (SSSR count). The standard InChI is InChI=1S/C20H16ClNO7/c1-28-15(25)9-7-5-3-2-4-6-8-14(24)22-17-18(26)12-10-11-13(23)16(21)19(12)29-20(17)27/h2-11,23,26H,1H3,(H,22,24)/b4-2+,5-3+,8-6+,9-7+. The first-order valence-electron chi connectivity index (χ1n) is 8.09. The van der Waals surface area contributed by atoms with E-state index < -0.39 is 28.9 Å². The number of phenolic OH excluding ortho intramolecular Hbond substituents is 1. The molecule has 0 aliphatic rings. The molecule has 150 valence electrons. The molecule has 0 aliphatic carbocycles. The molecule has 0 fully saturated rings. The van der Waals surface area contributed by atoms with E-state index in [-0.39, 0.29) is 21.7 Å². The summed E-state index contributed by atoms with van der Waals surface area (Å²) in [6.45, 7) is 0. The summed E-state index contributed by atoms with van der Waals surface area (Å²) in [5.41, 5.74) is -1.68. The van der Waals surface area contributed by atoms with Gasteiger partial charge in [0.15, 0.2) is 17.0 Å². The molecule has 0 radical (unpaired) electrons. The normalized spacial score (nSPS) is 11.9. The van der Waals surface area contributed by atoms with Gasteiger partial charge >= 0.3 is 11.6 Å². The molecule has 8 nitrogen and oxygen atoms in total. The number of anilines is 1. The van der Waals surface area contributed by atoms with Crippen LogP contribution in [-0.2, 0) is 14.3 Å². The fourth-order valence-electron chi connectivity index (χ4n) is 2.08. The number of benzene rings is 1. The number of fused-ring (bicyclic) bond motifs is 1. The highest BCUT2D eigenvalue weighted by molar-refractivity contribution is 6.36. The maximum atomic E-state index is 12.0. The monoisotopic (exact) mass is 417 g/mol. The Morgan fingerprint density at radius 2 is 1.69 bits per heavy atom. The molecule has 1 amide bonds. The Morgan fingerprint density at radius 1 is 1.07 bits per heavy atom. The second-order valence-corrected chi connectivity index (χ2v) is 5.77. The first kappa shape index (κ1) is 21.5. The van der Waals surface area contributed by atoms with Gasteiger partial charge in [-0.05, 0) is 12.1 Å². The van der Waals surface area contributed by atoms with E-state index in [2.05, 4.69) is 10.1 Å². The lowest BCUT2D eigenvalue weighted by molar-refractivity contribution is -0.134. The summed E-state index contributed by atoms with van der Waals surface area (Å²) in [7, 11) is 1.27. The maximum absolute atomic E-state index is 12.0. The van der Waals surface area contributed by atoms with Gasteiger partial charge in [0.05, 0.1) is 12.5 Å². The Morgan fingerprint density at radius 3 is 2.34 bits per heavy atom. The van der Waals surface area contributed by atoms with Crippen LogP contribution in [0.4, 0.5) is 5.69 Å². The van der Waals surface area contributed by atoms with Crippen LogP contribution in [-0.4, -0.2) is 29.2 Å². The second kappa shape index (κ2) is 9.95. The van der Waals surface area contributed by atoms with Gasteiger partial charge in [-0.15, -0.1) is 0 Å². The summed E-state index contributed by atoms with van der Waals surface area (Å²) in [6.07, 6.45) is 11.6. The van der Waals surface area contributed by atoms with Crippen LogP contribution in [0, 0.1) is 0 Å². The molecule has 1 heterocycles. The third-order valence-electron chi connectivity index (χ3n) is 3.45. The van der Waals surface area contributed by atoms with E-state index in [0.717, 1.165) is 6.08 Å². The lowest BCUT2D eigenvalue weighted by atomic mass is 10.2. The van der Waals surface area contributed by atoms with Crippen molar-refractivity contribution in [2.75, 3.05) is 12.4 Å². The van der Waals surface area contributed by atoms with E-state index in [0.29, 0.717) is 0 Å². The molecule has 0 aliphatic heterocycles. The molecule has 0 saturated carbocycles. The molecule has 1 aromatic heterocycles. The highest BCUT2D eigenvalue weighted by Gasteiger charge is 2.18. The molecule has 0 bridgehead atoms. The van der Waals surface area contributed by atoms with Gasteiger partial charge in [0.2, 0.25) is 5.91 Å². The minimum absolute atomic E-state index is 0.0525. The molecular weight excluding hydrogens is 402 g/mol. The molecule has 29 heavy (non-hydrogen) atoms. The van der Waals surface area contributed by atoms with Gasteiger partial charge in [0, 0.05) is 12.2 Å². The fourth-order valence-corrected chi connectivity index (χ4v) is 2.29. The van der Waals surface area contributed by atoms with E-state index in [9.17, 15) is 24.6 Å². The van der Waals surface area contributed by atoms with Crippen molar-refractivity contribution in [3.05, 3.63) is 76.2 Å². The number of nitrogens with one attached hydrogen (secondary N) is 1. The molecule has 2 aromatic rings. The summed E-state index contributed by atoms with van der Waals surface area (Å²) in [5, 5.41) is 21.8. The number of amides is 1. The van der Waals surface area contributed by atoms with Crippen LogP contribution in [0.25, 0.3) is 11.0 Å². The highest BCUT2D eigenvalue weighted by atomic mass is 35.5. The van der Waals surface area contributed by atoms with E-state index in [1.165, 1.54) is 43.5 Å². The van der Waals surface area contributed by atoms with Gasteiger partial charge in [0.1, 0.15) is 10.8 Å². The Kier molecular flexibility index (Phi) is 7.39. The number of halogens is 1. The number of carbonyl (C=O) groups excluding carboxylic acids is 2. The summed E-state index contributed by atoms with van der Waals surface area (Å²) < 4.78 is 9.41. The third kappa shape index (κ3) is 5.60. The smallest absolute Gasteiger partial charge is 0.364 e. The molecule has 3 N–H and O–H groups in total. The second-order valence-electron chi connectivity index (χ2n) is 5.39. The van der Waals surface area contributed by atoms with Crippen LogP contribution in [0.2, 0.25) is 5.02 Å². The summed E-state index contributed by atoms with van der Waals surface area (Å²) in [5.74, 6) is -2.01. The number of hydrogen-bond donors (Lipinski definition) is 3. The maximum Gasteiger partial charge on any atom is 0.364 e. The van der Waals surface area contributed by atoms with Crippen LogP contribution in [0.5, 0.6) is 11.5 Å². The van der Waals surface area contributed by atoms with Crippen LogP contribution in [0.3, 0.4) is 0 Å². The predicted octanol–water partition coefficient (Wildman–Crippen LogP) is 3.19. The molecule has 9 heteroatoms. The van der Waals surface area contributed by atoms with Crippen LogP contribution in [0.15, 0.2) is 70.0 Å². The van der Waals surface area contributed by atoms with Gasteiger partial charge in [-0.25, -0.2) is 9.59 Å². The minimum Gasteiger partial charge on any atom is -0.506 e. The zero-order valence-corrected chi connectivity index (χ0v) is 15.8. The molecule has 0 saturated heterocycles. The van der Waals surface area contributed by atoms with Gasteiger partial charge in [-0.3, -0.25) is 4.79 Å². The van der Waals surface area contributed by atoms with E-state index in [1.54, 1.807) is 18.2 Å². The Hall–Kier alpha value is -3.78. The van der Waals surface area contributed by atoms with Crippen LogP contribution >= 0.6 is 11.6 Å². The van der Waals surface area contributed by atoms with Crippen molar-refractivity contribution in [3.8, 4) is 11.5 Å². The van der Waals surface area contributed by atoms with Gasteiger partial charge in [-0.2, -0.15) is 0 Å². The molecule has 0 atom stereocenters. The van der Waals surface area contributed by atoms with Gasteiger partial charge in [-0.1, -0.05) is 48.1 Å². The Bertz CT molecular complexity index is 1110. The number of aromatic hydroxyl groups is 2. The zero-order chi connectivity index (χ0) is 21.4. The van der Waals surface area contributed by atoms with Gasteiger partial charge < -0.3 is 24.7 Å². The molecule has 1 aromatic carbocycles. The lowest BCUT2D eigenvalue weighted by Crippen LogP contribution is -2.16. The van der Waals surface area contributed by atoms with Crippen LogP contribution in [0.1, 0.15) is 0 Å². The Balaban J connectivity index is 2.07. The first-order valence-corrected chi connectivity index (χ1v) is 8.47. The summed E-state index contributed by atoms with van der Waals surface area (Å²) in [6, 6.07) is 2.51. The van der Waals surface area contributed by atoms with Crippen molar-refractivity contribution < 1.29 is 29.0 Å². The van der Waals surface area contributed by atoms with Crippen molar-refractivity contribution in [2.45, 2.75) is 0 Å². The van der Waals surface area contributed by atoms with E-state index in [1.807, 2.05) is 0 Å². The lowest BCUT2D eigenvalue weighted by Gasteiger charge is -2.08. The first-order chi connectivity index (χ1) is 13.8. The molecular formula is C20H16ClNO7. The van der Waals surface area contributed by atoms with Crippen molar-refractivity contribution in [2.24, 2.45) is 0 Å². The average molecular weight is 418 g/mol. The van der Waals surface area contributed by atoms with Crippen molar-refractivity contribution in [1.29, 1.82) is 0 Å². The number of methoxy groups -OCH3 is 1. The number of allylic oxidation sites excluding steroid dienone is 6. The van der Waals surface area contributed by atoms with Crippen molar-refractivity contribution >= 4 is 40.1 Å². The van der Waals surface area contributed by atoms with Crippen molar-refractivity contribution in [1.82, 2.24) is 0 Å². The number of hydrogen-bond acceptors (Lipinski definition) is 7. The van der Waals surface area contributed by atoms with E-state index >= 15 is 0 Å². The fraction of sp³-hybridized carbons (Fsp3) is 0.0500. The number of phenols is 1. The van der Waals surface area contributed by atoms with Gasteiger partial charge in [0.25, 0.3) is 0 Å². The summed E-state index contributed by atoms with van der Waals surface area (Å²) >= 11 is 5.85. The van der Waals surface area contributed by atoms with Crippen LogP contribution < -0.4 is 10.9 Å². The molecule has 0 unspecified atom stereocenters. The quantitative estimate of drug-likeness (QED) is 0.285. The van der Waals surface area contributed by atoms with E-state index in [4.69, 9.17) is 16.0 Å². The Labute approximate surface area is 169 Å². The predicted molar refractivity (Wildman–Crippen MR) is 108 cm³/mol. The van der Waals surface area contributed by atoms with Crippen molar-refractivity contribution in [3.63, 3.8) is 0 Å². The highest BCUT2D eigenvalue weighted by Crippen LogP contribution is 2.37. The molecule has 0 spiro atoms. The number of ether oxygens (including phenoxy) is 1. The average Bonchev–Trinajstić information content (AvgIpc) is 2.70. The number of esters is 1. The number of carbonyl (C=O) groups is 2. The zero-order valence-electron chi connectivity index (χ0n) is 15.1. The SMILES string of the molecule is COC(=O)/C=C/C=C/C=C/C=C/C(=O)Nc1c(O)c2ccc(O)c(Cl)c2oc1=O. The largest absolute Gasteiger partial charge is 0.506 e. The topological polar surface area (TPSA) is 126 Å². The third-order valence-corrected chi connectivity index (χ3v) is 3.82. The summed E-state index contributed by atoms with van der Waals surface area (Å²) in [4.78, 5) is 34.8. The number of rotatable bonds is 6. The minimum atomic E-state index is -1.03.